The molecule has 0 bridgehead atoms. The van der Waals surface area contributed by atoms with Crippen molar-refractivity contribution in [2.24, 2.45) is 0 Å². The molecule has 0 unspecified atom stereocenters. The van der Waals surface area contributed by atoms with Crippen molar-refractivity contribution in [3.63, 3.8) is 0 Å². The maximum atomic E-state index is 9.39. The van der Waals surface area contributed by atoms with Crippen LogP contribution in [0.2, 0.25) is 0 Å². The van der Waals surface area contributed by atoms with Gasteiger partial charge in [0.1, 0.15) is 11.9 Å². The van der Waals surface area contributed by atoms with E-state index in [0.717, 1.165) is 41.1 Å². The third-order valence-corrected chi connectivity index (χ3v) is 4.55. The van der Waals surface area contributed by atoms with E-state index in [9.17, 15) is 5.26 Å². The zero-order chi connectivity index (χ0) is 15.1. The first-order valence-corrected chi connectivity index (χ1v) is 7.99. The molecule has 2 aliphatic heterocycles. The Morgan fingerprint density at radius 3 is 3.00 bits per heavy atom. The monoisotopic (exact) mass is 359 g/mol. The largest absolute Gasteiger partial charge is 0.376 e. The normalized spacial score (nSPS) is 17.7. The minimum atomic E-state index is 0.332. The molecule has 0 aromatic carbocycles. The van der Waals surface area contributed by atoms with E-state index in [0.29, 0.717) is 24.8 Å². The Labute approximate surface area is 136 Å². The van der Waals surface area contributed by atoms with Gasteiger partial charge in [0, 0.05) is 31.3 Å². The predicted molar refractivity (Wildman–Crippen MR) is 83.5 cm³/mol. The van der Waals surface area contributed by atoms with Gasteiger partial charge in [-0.15, -0.1) is 0 Å². The summed E-state index contributed by atoms with van der Waals surface area (Å²) in [5.41, 5.74) is 2.73. The fourth-order valence-corrected chi connectivity index (χ4v) is 3.21. The number of aromatic nitrogens is 3. The van der Waals surface area contributed by atoms with Gasteiger partial charge in [0.25, 0.3) is 0 Å². The van der Waals surface area contributed by atoms with Crippen LogP contribution in [0.1, 0.15) is 22.9 Å². The smallest absolute Gasteiger partial charge is 0.146 e. The molecule has 0 radical (unpaired) electrons. The average Bonchev–Trinajstić information content (AvgIpc) is 2.91. The van der Waals surface area contributed by atoms with Crippen molar-refractivity contribution in [2.45, 2.75) is 19.1 Å². The van der Waals surface area contributed by atoms with Crippen LogP contribution < -0.4 is 4.90 Å². The Bertz CT molecular complexity index is 760. The Balaban J connectivity index is 1.57. The molecule has 0 aliphatic carbocycles. The summed E-state index contributed by atoms with van der Waals surface area (Å²) in [5.74, 6) is 0.797. The molecule has 1 fully saturated rings. The van der Waals surface area contributed by atoms with Crippen LogP contribution in [0.25, 0.3) is 0 Å². The first-order chi connectivity index (χ1) is 10.7. The Hall–Kier alpha value is -1.91. The van der Waals surface area contributed by atoms with Crippen molar-refractivity contribution in [3.8, 4) is 6.07 Å². The molecule has 1 saturated heterocycles. The summed E-state index contributed by atoms with van der Waals surface area (Å²) < 4.78 is 8.37. The van der Waals surface area contributed by atoms with Crippen LogP contribution in [0, 0.1) is 11.3 Å². The summed E-state index contributed by atoms with van der Waals surface area (Å²) >= 11 is 3.41. The SMILES string of the molecule is N#Cc1cc2c(nc1N1CC(n3cc(Br)cn3)C1)CCOC2. The van der Waals surface area contributed by atoms with Gasteiger partial charge in [-0.1, -0.05) is 0 Å². The van der Waals surface area contributed by atoms with Crippen LogP contribution in [0.5, 0.6) is 0 Å². The molecule has 0 saturated carbocycles. The van der Waals surface area contributed by atoms with Gasteiger partial charge in [0.2, 0.25) is 0 Å². The maximum absolute atomic E-state index is 9.39. The molecule has 22 heavy (non-hydrogen) atoms. The lowest BCUT2D eigenvalue weighted by molar-refractivity contribution is 0.109. The van der Waals surface area contributed by atoms with E-state index < -0.39 is 0 Å². The molecule has 4 rings (SSSR count). The third kappa shape index (κ3) is 2.28. The lowest BCUT2D eigenvalue weighted by Gasteiger charge is -2.40. The standard InChI is InChI=1S/C15H14BrN5O/c16-12-5-18-21(6-12)13-7-20(8-13)15-10(4-17)3-11-9-22-2-1-14(11)19-15/h3,5-6,13H,1-2,7-9H2. The zero-order valence-electron chi connectivity index (χ0n) is 11.9. The number of ether oxygens (including phenoxy) is 1. The van der Waals surface area contributed by atoms with Gasteiger partial charge in [-0.25, -0.2) is 4.98 Å². The summed E-state index contributed by atoms with van der Waals surface area (Å²) in [6.45, 7) is 2.91. The molecule has 2 aromatic heterocycles. The van der Waals surface area contributed by atoms with Crippen molar-refractivity contribution >= 4 is 21.7 Å². The Morgan fingerprint density at radius 2 is 2.27 bits per heavy atom. The molecule has 0 N–H and O–H groups in total. The number of halogens is 1. The zero-order valence-corrected chi connectivity index (χ0v) is 13.5. The molecule has 2 aliphatic rings. The van der Waals surface area contributed by atoms with Crippen LogP contribution in [-0.4, -0.2) is 34.5 Å². The highest BCUT2D eigenvalue weighted by Gasteiger charge is 2.32. The van der Waals surface area contributed by atoms with Crippen molar-refractivity contribution in [2.75, 3.05) is 24.6 Å². The second-order valence-corrected chi connectivity index (χ2v) is 6.49. The maximum Gasteiger partial charge on any atom is 0.146 e. The van der Waals surface area contributed by atoms with Gasteiger partial charge < -0.3 is 9.64 Å². The van der Waals surface area contributed by atoms with E-state index in [4.69, 9.17) is 9.72 Å². The summed E-state index contributed by atoms with van der Waals surface area (Å²) in [6.07, 6.45) is 4.59. The number of pyridine rings is 1. The Morgan fingerprint density at radius 1 is 1.41 bits per heavy atom. The number of fused-ring (bicyclic) bond motifs is 1. The molecule has 0 spiro atoms. The fraction of sp³-hybridized carbons (Fsp3) is 0.400. The average molecular weight is 360 g/mol. The van der Waals surface area contributed by atoms with Gasteiger partial charge >= 0.3 is 0 Å². The molecule has 0 amide bonds. The molecule has 7 heteroatoms. The van der Waals surface area contributed by atoms with Crippen LogP contribution >= 0.6 is 15.9 Å². The molecular formula is C15H14BrN5O. The van der Waals surface area contributed by atoms with Crippen molar-refractivity contribution < 1.29 is 4.74 Å². The highest BCUT2D eigenvalue weighted by Crippen LogP contribution is 2.31. The molecule has 2 aromatic rings. The number of rotatable bonds is 2. The second-order valence-electron chi connectivity index (χ2n) is 5.58. The van der Waals surface area contributed by atoms with Gasteiger partial charge in [-0.3, -0.25) is 4.68 Å². The molecule has 112 valence electrons. The van der Waals surface area contributed by atoms with E-state index in [1.807, 2.05) is 16.9 Å². The minimum Gasteiger partial charge on any atom is -0.376 e. The van der Waals surface area contributed by atoms with Crippen molar-refractivity contribution in [3.05, 3.63) is 39.8 Å². The molecule has 0 atom stereocenters. The van der Waals surface area contributed by atoms with Crippen LogP contribution in [0.4, 0.5) is 5.82 Å². The predicted octanol–water partition coefficient (Wildman–Crippen LogP) is 2.05. The summed E-state index contributed by atoms with van der Waals surface area (Å²) in [6, 6.07) is 4.52. The van der Waals surface area contributed by atoms with Gasteiger partial charge in [-0.2, -0.15) is 10.4 Å². The fourth-order valence-electron chi connectivity index (χ4n) is 2.91. The highest BCUT2D eigenvalue weighted by atomic mass is 79.9. The topological polar surface area (TPSA) is 67.0 Å². The van der Waals surface area contributed by atoms with Crippen LogP contribution in [-0.2, 0) is 17.8 Å². The van der Waals surface area contributed by atoms with E-state index in [-0.39, 0.29) is 0 Å². The number of hydrogen-bond donors (Lipinski definition) is 0. The van der Waals surface area contributed by atoms with E-state index in [1.54, 1.807) is 6.20 Å². The lowest BCUT2D eigenvalue weighted by Crippen LogP contribution is -2.48. The summed E-state index contributed by atoms with van der Waals surface area (Å²) in [4.78, 5) is 6.87. The lowest BCUT2D eigenvalue weighted by atomic mass is 10.0. The molecule has 6 nitrogen and oxygen atoms in total. The van der Waals surface area contributed by atoms with E-state index in [1.165, 1.54) is 0 Å². The van der Waals surface area contributed by atoms with Crippen molar-refractivity contribution in [1.29, 1.82) is 5.26 Å². The molecule has 4 heterocycles. The number of nitrogens with zero attached hydrogens (tertiary/aromatic N) is 5. The van der Waals surface area contributed by atoms with Gasteiger partial charge in [0.05, 0.1) is 41.2 Å². The number of hydrogen-bond acceptors (Lipinski definition) is 5. The first kappa shape index (κ1) is 13.7. The van der Waals surface area contributed by atoms with E-state index >= 15 is 0 Å². The first-order valence-electron chi connectivity index (χ1n) is 7.20. The third-order valence-electron chi connectivity index (χ3n) is 4.14. The van der Waals surface area contributed by atoms with Crippen LogP contribution in [0.15, 0.2) is 22.9 Å². The number of nitriles is 1. The Kier molecular flexibility index (Phi) is 3.36. The number of anilines is 1. The second kappa shape index (κ2) is 5.38. The quantitative estimate of drug-likeness (QED) is 0.820. The van der Waals surface area contributed by atoms with E-state index in [2.05, 4.69) is 32.0 Å². The van der Waals surface area contributed by atoms with Crippen molar-refractivity contribution in [1.82, 2.24) is 14.8 Å². The minimum absolute atomic E-state index is 0.332. The summed E-state index contributed by atoms with van der Waals surface area (Å²) in [5, 5.41) is 13.7. The van der Waals surface area contributed by atoms with Gasteiger partial charge in [0.15, 0.2) is 0 Å². The highest BCUT2D eigenvalue weighted by molar-refractivity contribution is 9.10. The molecular weight excluding hydrogens is 346 g/mol. The van der Waals surface area contributed by atoms with Crippen LogP contribution in [0.3, 0.4) is 0 Å². The van der Waals surface area contributed by atoms with Gasteiger partial charge in [-0.05, 0) is 22.0 Å². The summed E-state index contributed by atoms with van der Waals surface area (Å²) in [7, 11) is 0.